The maximum absolute atomic E-state index is 11.8. The molecule has 4 N–H and O–H groups in total. The lowest BCUT2D eigenvalue weighted by atomic mass is 10.2. The molecule has 0 aliphatic carbocycles. The lowest BCUT2D eigenvalue weighted by Gasteiger charge is -2.12. The number of aliphatic hydroxyl groups is 1. The summed E-state index contributed by atoms with van der Waals surface area (Å²) in [4.78, 5) is 22.4. The van der Waals surface area contributed by atoms with Gasteiger partial charge in [0, 0.05) is 12.1 Å². The molecule has 0 unspecified atom stereocenters. The summed E-state index contributed by atoms with van der Waals surface area (Å²) in [6.45, 7) is 1.13. The second kappa shape index (κ2) is 7.16. The molecular weight excluding hydrogens is 300 g/mol. The van der Waals surface area contributed by atoms with Crippen LogP contribution in [0.1, 0.15) is 17.3 Å². The molecular formula is C12H16N2O6S. The Balaban J connectivity index is 2.88. The van der Waals surface area contributed by atoms with Crippen molar-refractivity contribution in [2.45, 2.75) is 17.9 Å². The van der Waals surface area contributed by atoms with Crippen LogP contribution in [0.15, 0.2) is 29.2 Å². The SMILES string of the molecule is CCNS(=O)(=O)c1ccc(C(=O)N[C@H](CO)C(=O)O)cc1. The zero-order chi connectivity index (χ0) is 16.0. The lowest BCUT2D eigenvalue weighted by Crippen LogP contribution is -2.43. The average molecular weight is 316 g/mol. The van der Waals surface area contributed by atoms with E-state index in [0.29, 0.717) is 0 Å². The minimum absolute atomic E-state index is 0.00200. The van der Waals surface area contributed by atoms with Crippen LogP contribution in [0.4, 0.5) is 0 Å². The third-order valence-electron chi connectivity index (χ3n) is 2.55. The predicted molar refractivity (Wildman–Crippen MR) is 73.3 cm³/mol. The molecule has 0 saturated heterocycles. The highest BCUT2D eigenvalue weighted by Gasteiger charge is 2.20. The van der Waals surface area contributed by atoms with Crippen molar-refractivity contribution in [1.29, 1.82) is 0 Å². The fourth-order valence-electron chi connectivity index (χ4n) is 1.49. The number of sulfonamides is 1. The summed E-state index contributed by atoms with van der Waals surface area (Å²) in [5, 5.41) is 19.6. The molecule has 1 aromatic rings. The molecule has 1 atom stereocenters. The minimum Gasteiger partial charge on any atom is -0.480 e. The molecule has 0 spiro atoms. The van der Waals surface area contributed by atoms with E-state index in [9.17, 15) is 18.0 Å². The molecule has 1 aromatic carbocycles. The Bertz CT molecular complexity index is 611. The van der Waals surface area contributed by atoms with E-state index in [-0.39, 0.29) is 17.0 Å². The Morgan fingerprint density at radius 1 is 1.24 bits per heavy atom. The summed E-state index contributed by atoms with van der Waals surface area (Å²) in [7, 11) is -3.61. The van der Waals surface area contributed by atoms with Gasteiger partial charge in [-0.3, -0.25) is 4.79 Å². The van der Waals surface area contributed by atoms with Gasteiger partial charge >= 0.3 is 5.97 Å². The van der Waals surface area contributed by atoms with Gasteiger partial charge in [0.15, 0.2) is 6.04 Å². The van der Waals surface area contributed by atoms with Gasteiger partial charge in [-0.15, -0.1) is 0 Å². The molecule has 1 amide bonds. The normalized spacial score (nSPS) is 12.7. The van der Waals surface area contributed by atoms with Crippen LogP contribution in [0.25, 0.3) is 0 Å². The van der Waals surface area contributed by atoms with Crippen molar-refractivity contribution < 1.29 is 28.2 Å². The molecule has 0 bridgehead atoms. The summed E-state index contributed by atoms with van der Waals surface area (Å²) in [6.07, 6.45) is 0. The summed E-state index contributed by atoms with van der Waals surface area (Å²) in [5.74, 6) is -2.08. The van der Waals surface area contributed by atoms with Gasteiger partial charge in [0.1, 0.15) is 0 Å². The Kier molecular flexibility index (Phi) is 5.82. The number of hydrogen-bond acceptors (Lipinski definition) is 5. The minimum atomic E-state index is -3.61. The second-order valence-electron chi connectivity index (χ2n) is 4.07. The summed E-state index contributed by atoms with van der Waals surface area (Å²) >= 11 is 0. The van der Waals surface area contributed by atoms with Crippen molar-refractivity contribution in [2.75, 3.05) is 13.2 Å². The van der Waals surface area contributed by atoms with Gasteiger partial charge in [-0.05, 0) is 24.3 Å². The first-order valence-corrected chi connectivity index (χ1v) is 7.54. The van der Waals surface area contributed by atoms with Crippen LogP contribution in [0.3, 0.4) is 0 Å². The van der Waals surface area contributed by atoms with E-state index < -0.39 is 34.5 Å². The first-order valence-electron chi connectivity index (χ1n) is 6.06. The van der Waals surface area contributed by atoms with Crippen molar-refractivity contribution in [3.8, 4) is 0 Å². The predicted octanol–water partition coefficient (Wildman–Crippen LogP) is -0.840. The van der Waals surface area contributed by atoms with E-state index in [4.69, 9.17) is 10.2 Å². The molecule has 0 radical (unpaired) electrons. The molecule has 0 aliphatic rings. The largest absolute Gasteiger partial charge is 0.480 e. The number of carbonyl (C=O) groups excluding carboxylic acids is 1. The fourth-order valence-corrected chi connectivity index (χ4v) is 2.53. The van der Waals surface area contributed by atoms with E-state index in [0.717, 1.165) is 0 Å². The summed E-state index contributed by atoms with van der Waals surface area (Å²) in [5.41, 5.74) is 0.0881. The lowest BCUT2D eigenvalue weighted by molar-refractivity contribution is -0.140. The number of nitrogens with one attached hydrogen (secondary N) is 2. The smallest absolute Gasteiger partial charge is 0.328 e. The molecule has 0 aliphatic heterocycles. The van der Waals surface area contributed by atoms with E-state index in [2.05, 4.69) is 10.0 Å². The highest BCUT2D eigenvalue weighted by molar-refractivity contribution is 7.89. The van der Waals surface area contributed by atoms with Gasteiger partial charge < -0.3 is 15.5 Å². The molecule has 0 heterocycles. The number of rotatable bonds is 7. The first kappa shape index (κ1) is 17.1. The van der Waals surface area contributed by atoms with Gasteiger partial charge in [0.05, 0.1) is 11.5 Å². The second-order valence-corrected chi connectivity index (χ2v) is 5.84. The number of amides is 1. The summed E-state index contributed by atoms with van der Waals surface area (Å²) < 4.78 is 25.7. The standard InChI is InChI=1S/C12H16N2O6S/c1-2-13-21(19,20)9-5-3-8(4-6-9)11(16)14-10(7-15)12(17)18/h3-6,10,13,15H,2,7H2,1H3,(H,14,16)(H,17,18)/t10-/m1/s1. The number of aliphatic carboxylic acids is 1. The Labute approximate surface area is 121 Å². The molecule has 1 rings (SSSR count). The van der Waals surface area contributed by atoms with Crippen LogP contribution in [0.2, 0.25) is 0 Å². The van der Waals surface area contributed by atoms with E-state index >= 15 is 0 Å². The van der Waals surface area contributed by atoms with Crippen LogP contribution in [0, 0.1) is 0 Å². The van der Waals surface area contributed by atoms with E-state index in [1.165, 1.54) is 24.3 Å². The van der Waals surface area contributed by atoms with Crippen LogP contribution in [-0.4, -0.2) is 49.7 Å². The van der Waals surface area contributed by atoms with Crippen molar-refractivity contribution in [2.24, 2.45) is 0 Å². The van der Waals surface area contributed by atoms with Gasteiger partial charge in [-0.2, -0.15) is 0 Å². The molecule has 9 heteroatoms. The number of hydrogen-bond donors (Lipinski definition) is 4. The molecule has 0 aromatic heterocycles. The van der Waals surface area contributed by atoms with Crippen LogP contribution >= 0.6 is 0 Å². The zero-order valence-electron chi connectivity index (χ0n) is 11.2. The maximum Gasteiger partial charge on any atom is 0.328 e. The number of carboxylic acid groups (broad SMARTS) is 1. The van der Waals surface area contributed by atoms with Gasteiger partial charge in [0.2, 0.25) is 10.0 Å². The third kappa shape index (κ3) is 4.52. The Hall–Kier alpha value is -1.97. The van der Waals surface area contributed by atoms with E-state index in [1.807, 2.05) is 0 Å². The Morgan fingerprint density at radius 3 is 2.24 bits per heavy atom. The van der Waals surface area contributed by atoms with Crippen molar-refractivity contribution >= 4 is 21.9 Å². The van der Waals surface area contributed by atoms with Crippen molar-refractivity contribution in [3.05, 3.63) is 29.8 Å². The van der Waals surface area contributed by atoms with Gasteiger partial charge in [0.25, 0.3) is 5.91 Å². The summed E-state index contributed by atoms with van der Waals surface area (Å²) in [6, 6.07) is 3.58. The van der Waals surface area contributed by atoms with E-state index in [1.54, 1.807) is 6.92 Å². The quantitative estimate of drug-likeness (QED) is 0.518. The van der Waals surface area contributed by atoms with Crippen LogP contribution < -0.4 is 10.0 Å². The molecule has 0 saturated carbocycles. The van der Waals surface area contributed by atoms with Gasteiger partial charge in [-0.1, -0.05) is 6.92 Å². The van der Waals surface area contributed by atoms with Crippen LogP contribution in [0.5, 0.6) is 0 Å². The van der Waals surface area contributed by atoms with Gasteiger partial charge in [-0.25, -0.2) is 17.9 Å². The number of carbonyl (C=O) groups is 2. The highest BCUT2D eigenvalue weighted by Crippen LogP contribution is 2.10. The number of carboxylic acids is 1. The van der Waals surface area contributed by atoms with Crippen LogP contribution in [-0.2, 0) is 14.8 Å². The topological polar surface area (TPSA) is 133 Å². The monoisotopic (exact) mass is 316 g/mol. The maximum atomic E-state index is 11.8. The van der Waals surface area contributed by atoms with Crippen molar-refractivity contribution in [1.82, 2.24) is 10.0 Å². The highest BCUT2D eigenvalue weighted by atomic mass is 32.2. The molecule has 116 valence electrons. The van der Waals surface area contributed by atoms with Crippen molar-refractivity contribution in [3.63, 3.8) is 0 Å². The number of aliphatic hydroxyl groups excluding tert-OH is 1. The molecule has 0 fully saturated rings. The molecule has 21 heavy (non-hydrogen) atoms. The average Bonchev–Trinajstić information content (AvgIpc) is 2.44. The fraction of sp³-hybridized carbons (Fsp3) is 0.333. The third-order valence-corrected chi connectivity index (χ3v) is 4.11. The molecule has 8 nitrogen and oxygen atoms in total. The number of benzene rings is 1. The zero-order valence-corrected chi connectivity index (χ0v) is 12.1. The Morgan fingerprint density at radius 2 is 1.81 bits per heavy atom. The first-order chi connectivity index (χ1) is 9.81.